The number of nitriles is 1. The van der Waals surface area contributed by atoms with Crippen LogP contribution in [0.4, 0.5) is 22.0 Å². The van der Waals surface area contributed by atoms with Crippen LogP contribution in [0.25, 0.3) is 0 Å². The first-order valence-corrected chi connectivity index (χ1v) is 5.48. The molecular weight excluding hydrogens is 301 g/mol. The van der Waals surface area contributed by atoms with Crippen LogP contribution < -0.4 is 4.74 Å². The van der Waals surface area contributed by atoms with E-state index in [0.29, 0.717) is 12.1 Å². The van der Waals surface area contributed by atoms with Gasteiger partial charge in [-0.15, -0.1) is 13.2 Å². The molecule has 0 heterocycles. The number of rotatable bonds is 4. The number of ether oxygens (including phenoxy) is 2. The van der Waals surface area contributed by atoms with E-state index in [4.69, 9.17) is 5.26 Å². The smallest absolute Gasteiger partial charge is 0.462 e. The zero-order chi connectivity index (χ0) is 16.2. The molecule has 0 atom stereocenters. The highest BCUT2D eigenvalue weighted by atomic mass is 19.4. The maximum Gasteiger partial charge on any atom is 0.573 e. The van der Waals surface area contributed by atoms with Crippen LogP contribution in [0.5, 0.6) is 5.75 Å². The molecule has 0 aromatic heterocycles. The molecule has 1 rings (SSSR count). The highest BCUT2D eigenvalue weighted by Gasteiger charge is 2.34. The van der Waals surface area contributed by atoms with Gasteiger partial charge >= 0.3 is 12.3 Å². The minimum absolute atomic E-state index is 0.141. The molecule has 0 aliphatic heterocycles. The Bertz CT molecular complexity index is 577. The van der Waals surface area contributed by atoms with Crippen molar-refractivity contribution < 1.29 is 36.2 Å². The summed E-state index contributed by atoms with van der Waals surface area (Å²) in [7, 11) is 0. The fourth-order valence-corrected chi connectivity index (χ4v) is 1.45. The number of alkyl halides is 5. The SMILES string of the molecule is CCOC(=O)c1cc(C(F)F)cc(OC(F)(F)F)c1C#N. The molecule has 0 unspecified atom stereocenters. The number of hydrogen-bond donors (Lipinski definition) is 0. The molecule has 21 heavy (non-hydrogen) atoms. The van der Waals surface area contributed by atoms with Gasteiger partial charge in [-0.1, -0.05) is 0 Å². The van der Waals surface area contributed by atoms with Crippen LogP contribution in [0, 0.1) is 11.3 Å². The maximum absolute atomic E-state index is 12.7. The Labute approximate surface area is 115 Å². The molecular formula is C12H8F5NO3. The van der Waals surface area contributed by atoms with Crippen molar-refractivity contribution in [1.82, 2.24) is 0 Å². The quantitative estimate of drug-likeness (QED) is 0.630. The first-order chi connectivity index (χ1) is 9.69. The number of halogens is 5. The summed E-state index contributed by atoms with van der Waals surface area (Å²) in [6.45, 7) is 1.27. The van der Waals surface area contributed by atoms with E-state index in [1.54, 1.807) is 0 Å². The lowest BCUT2D eigenvalue weighted by atomic mass is 10.0. The van der Waals surface area contributed by atoms with Crippen LogP contribution in [0.1, 0.15) is 34.8 Å². The van der Waals surface area contributed by atoms with Crippen molar-refractivity contribution in [3.05, 3.63) is 28.8 Å². The third kappa shape index (κ3) is 4.30. The van der Waals surface area contributed by atoms with E-state index >= 15 is 0 Å². The summed E-state index contributed by atoms with van der Waals surface area (Å²) in [6.07, 6.45) is -8.35. The van der Waals surface area contributed by atoms with Crippen molar-refractivity contribution in [2.45, 2.75) is 19.7 Å². The van der Waals surface area contributed by atoms with Crippen LogP contribution in [0.15, 0.2) is 12.1 Å². The Hall–Kier alpha value is -2.37. The molecule has 0 saturated heterocycles. The first kappa shape index (κ1) is 16.7. The van der Waals surface area contributed by atoms with Crippen LogP contribution >= 0.6 is 0 Å². The average Bonchev–Trinajstić information content (AvgIpc) is 2.36. The Kier molecular flexibility index (Phi) is 5.07. The zero-order valence-electron chi connectivity index (χ0n) is 10.5. The number of hydrogen-bond acceptors (Lipinski definition) is 4. The van der Waals surface area contributed by atoms with Crippen LogP contribution in [0.3, 0.4) is 0 Å². The number of esters is 1. The third-order valence-corrected chi connectivity index (χ3v) is 2.21. The Balaban J connectivity index is 3.48. The molecule has 0 radical (unpaired) electrons. The van der Waals surface area contributed by atoms with Crippen molar-refractivity contribution in [3.8, 4) is 11.8 Å². The predicted molar refractivity (Wildman–Crippen MR) is 58.8 cm³/mol. The van der Waals surface area contributed by atoms with Crippen molar-refractivity contribution in [2.24, 2.45) is 0 Å². The van der Waals surface area contributed by atoms with Gasteiger partial charge < -0.3 is 9.47 Å². The molecule has 0 saturated carbocycles. The van der Waals surface area contributed by atoms with Crippen molar-refractivity contribution in [2.75, 3.05) is 6.61 Å². The molecule has 0 bridgehead atoms. The fourth-order valence-electron chi connectivity index (χ4n) is 1.45. The first-order valence-electron chi connectivity index (χ1n) is 5.48. The molecule has 0 aliphatic carbocycles. The fraction of sp³-hybridized carbons (Fsp3) is 0.333. The standard InChI is InChI=1S/C12H8F5NO3/c1-2-20-11(19)7-3-6(10(13)14)4-9(8(7)5-18)21-12(15,16)17/h3-4,10H,2H2,1H3. The summed E-state index contributed by atoms with van der Waals surface area (Å²) < 4.78 is 70.1. The Morgan fingerprint density at radius 3 is 2.43 bits per heavy atom. The van der Waals surface area contributed by atoms with E-state index in [-0.39, 0.29) is 6.61 Å². The number of benzene rings is 1. The van der Waals surface area contributed by atoms with E-state index < -0.39 is 41.2 Å². The lowest BCUT2D eigenvalue weighted by Gasteiger charge is -2.14. The average molecular weight is 309 g/mol. The summed E-state index contributed by atoms with van der Waals surface area (Å²) >= 11 is 0. The summed E-state index contributed by atoms with van der Waals surface area (Å²) in [4.78, 5) is 11.6. The maximum atomic E-state index is 12.7. The molecule has 9 heteroatoms. The number of nitrogens with zero attached hydrogens (tertiary/aromatic N) is 1. The lowest BCUT2D eigenvalue weighted by Crippen LogP contribution is -2.19. The predicted octanol–water partition coefficient (Wildman–Crippen LogP) is 3.57. The normalized spacial score (nSPS) is 11.1. The largest absolute Gasteiger partial charge is 0.573 e. The Morgan fingerprint density at radius 2 is 2.00 bits per heavy atom. The van der Waals surface area contributed by atoms with Gasteiger partial charge in [0.25, 0.3) is 6.43 Å². The van der Waals surface area contributed by atoms with E-state index in [9.17, 15) is 26.7 Å². The second-order valence-corrected chi connectivity index (χ2v) is 3.62. The highest BCUT2D eigenvalue weighted by molar-refractivity contribution is 5.93. The minimum atomic E-state index is -5.20. The van der Waals surface area contributed by atoms with Crippen molar-refractivity contribution in [3.63, 3.8) is 0 Å². The van der Waals surface area contributed by atoms with Crippen molar-refractivity contribution in [1.29, 1.82) is 5.26 Å². The molecule has 0 spiro atoms. The van der Waals surface area contributed by atoms with Gasteiger partial charge in [-0.25, -0.2) is 13.6 Å². The third-order valence-electron chi connectivity index (χ3n) is 2.21. The molecule has 0 fully saturated rings. The van der Waals surface area contributed by atoms with Crippen molar-refractivity contribution >= 4 is 5.97 Å². The molecule has 0 amide bonds. The van der Waals surface area contributed by atoms with E-state index in [1.807, 2.05) is 0 Å². The molecule has 1 aromatic rings. The zero-order valence-corrected chi connectivity index (χ0v) is 10.5. The van der Waals surface area contributed by atoms with Gasteiger partial charge in [-0.2, -0.15) is 5.26 Å². The monoisotopic (exact) mass is 309 g/mol. The van der Waals surface area contributed by atoms with E-state index in [2.05, 4.69) is 9.47 Å². The highest BCUT2D eigenvalue weighted by Crippen LogP contribution is 2.33. The van der Waals surface area contributed by atoms with E-state index in [0.717, 1.165) is 0 Å². The number of carbonyl (C=O) groups is 1. The van der Waals surface area contributed by atoms with Gasteiger partial charge in [0.2, 0.25) is 0 Å². The van der Waals surface area contributed by atoms with Gasteiger partial charge in [0.15, 0.2) is 0 Å². The minimum Gasteiger partial charge on any atom is -0.462 e. The van der Waals surface area contributed by atoms with Gasteiger partial charge in [-0.3, -0.25) is 0 Å². The van der Waals surface area contributed by atoms with Crippen LogP contribution in [0.2, 0.25) is 0 Å². The summed E-state index contributed by atoms with van der Waals surface area (Å²) in [5, 5.41) is 8.85. The molecule has 4 nitrogen and oxygen atoms in total. The van der Waals surface area contributed by atoms with Gasteiger partial charge in [-0.05, 0) is 19.1 Å². The molecule has 0 N–H and O–H groups in total. The summed E-state index contributed by atoms with van der Waals surface area (Å²) in [6, 6.07) is 2.28. The van der Waals surface area contributed by atoms with Crippen LogP contribution in [-0.2, 0) is 4.74 Å². The molecule has 0 aliphatic rings. The molecule has 114 valence electrons. The van der Waals surface area contributed by atoms with Gasteiger partial charge in [0.1, 0.15) is 17.4 Å². The number of carbonyl (C=O) groups excluding carboxylic acids is 1. The topological polar surface area (TPSA) is 59.3 Å². The molecule has 1 aromatic carbocycles. The van der Waals surface area contributed by atoms with Gasteiger partial charge in [0, 0.05) is 5.56 Å². The van der Waals surface area contributed by atoms with Gasteiger partial charge in [0.05, 0.1) is 12.2 Å². The van der Waals surface area contributed by atoms with E-state index in [1.165, 1.54) is 13.0 Å². The van der Waals surface area contributed by atoms with Crippen LogP contribution in [-0.4, -0.2) is 18.9 Å². The summed E-state index contributed by atoms with van der Waals surface area (Å²) in [5.41, 5.74) is -2.43. The second-order valence-electron chi connectivity index (χ2n) is 3.62. The Morgan fingerprint density at radius 1 is 1.38 bits per heavy atom. The summed E-state index contributed by atoms with van der Waals surface area (Å²) in [5.74, 6) is -2.37. The lowest BCUT2D eigenvalue weighted by molar-refractivity contribution is -0.274. The second kappa shape index (κ2) is 6.39.